The predicted octanol–water partition coefficient (Wildman–Crippen LogP) is 3.73. The van der Waals surface area contributed by atoms with Crippen molar-refractivity contribution in [1.29, 1.82) is 0 Å². The number of nitrogens with zero attached hydrogens (tertiary/aromatic N) is 2. The van der Waals surface area contributed by atoms with Gasteiger partial charge in [0.05, 0.1) is 17.1 Å². The van der Waals surface area contributed by atoms with E-state index < -0.39 is 0 Å². The molecule has 0 radical (unpaired) electrons. The molecular weight excluding hydrogens is 296 g/mol. The Morgan fingerprint density at radius 2 is 2.00 bits per heavy atom. The van der Waals surface area contributed by atoms with Crippen molar-refractivity contribution in [3.8, 4) is 0 Å². The van der Waals surface area contributed by atoms with Gasteiger partial charge in [0.25, 0.3) is 0 Å². The molecule has 0 saturated heterocycles. The maximum atomic E-state index is 6.02. The van der Waals surface area contributed by atoms with Gasteiger partial charge in [0.1, 0.15) is 6.67 Å². The number of hydrogen-bond acceptors (Lipinski definition) is 4. The standard InChI is InChI=1S/C20H24N4/c1-15-7-9-17(10-8-15)19(22-3)11-12-23-14-24-20-13-16(2)5-4-6-18(20)21/h5-13,24H,3-4,14,21H2,1-2H3/b19-11-,23-12?. The molecule has 2 rings (SSSR count). The molecular formula is C20H24N4. The summed E-state index contributed by atoms with van der Waals surface area (Å²) >= 11 is 0. The van der Waals surface area contributed by atoms with Gasteiger partial charge in [-0.3, -0.25) is 9.98 Å². The van der Waals surface area contributed by atoms with Crippen LogP contribution < -0.4 is 11.1 Å². The van der Waals surface area contributed by atoms with Gasteiger partial charge in [0.2, 0.25) is 0 Å². The van der Waals surface area contributed by atoms with E-state index in [1.165, 1.54) is 11.1 Å². The molecule has 0 saturated carbocycles. The molecule has 0 atom stereocenters. The van der Waals surface area contributed by atoms with E-state index in [9.17, 15) is 0 Å². The van der Waals surface area contributed by atoms with Crippen molar-refractivity contribution in [2.24, 2.45) is 15.7 Å². The van der Waals surface area contributed by atoms with E-state index in [2.05, 4.69) is 54.1 Å². The third kappa shape index (κ3) is 5.09. The molecule has 1 aliphatic rings. The summed E-state index contributed by atoms with van der Waals surface area (Å²) in [4.78, 5) is 8.40. The van der Waals surface area contributed by atoms with Gasteiger partial charge in [-0.15, -0.1) is 0 Å². The molecule has 4 nitrogen and oxygen atoms in total. The van der Waals surface area contributed by atoms with Crippen LogP contribution in [0.1, 0.15) is 24.5 Å². The first-order valence-electron chi connectivity index (χ1n) is 7.92. The summed E-state index contributed by atoms with van der Waals surface area (Å²) in [6, 6.07) is 8.16. The molecule has 1 aromatic carbocycles. The number of nitrogens with two attached hydrogens (primary N) is 1. The summed E-state index contributed by atoms with van der Waals surface area (Å²) < 4.78 is 0. The summed E-state index contributed by atoms with van der Waals surface area (Å²) in [5, 5.41) is 3.23. The van der Waals surface area contributed by atoms with Crippen LogP contribution >= 0.6 is 0 Å². The van der Waals surface area contributed by atoms with Crippen LogP contribution in [0, 0.1) is 6.92 Å². The van der Waals surface area contributed by atoms with Crippen LogP contribution in [0.15, 0.2) is 75.5 Å². The highest BCUT2D eigenvalue weighted by Crippen LogP contribution is 2.15. The van der Waals surface area contributed by atoms with Crippen molar-refractivity contribution < 1.29 is 0 Å². The Balaban J connectivity index is 1.97. The van der Waals surface area contributed by atoms with Crippen LogP contribution in [-0.2, 0) is 0 Å². The molecule has 1 aromatic rings. The molecule has 4 heteroatoms. The Morgan fingerprint density at radius 3 is 2.71 bits per heavy atom. The van der Waals surface area contributed by atoms with Gasteiger partial charge in [-0.05, 0) is 39.1 Å². The van der Waals surface area contributed by atoms with E-state index in [0.29, 0.717) is 6.67 Å². The highest BCUT2D eigenvalue weighted by Gasteiger charge is 2.02. The second-order valence-electron chi connectivity index (χ2n) is 5.64. The molecule has 124 valence electrons. The lowest BCUT2D eigenvalue weighted by atomic mass is 10.1. The lowest BCUT2D eigenvalue weighted by molar-refractivity contribution is 0.833. The Morgan fingerprint density at radius 1 is 1.25 bits per heavy atom. The van der Waals surface area contributed by atoms with E-state index in [1.54, 1.807) is 6.21 Å². The molecule has 0 spiro atoms. The van der Waals surface area contributed by atoms with Crippen molar-refractivity contribution >= 4 is 18.6 Å². The zero-order chi connectivity index (χ0) is 17.4. The molecule has 0 amide bonds. The Bertz CT molecular complexity index is 731. The zero-order valence-corrected chi connectivity index (χ0v) is 14.3. The monoisotopic (exact) mass is 320 g/mol. The predicted molar refractivity (Wildman–Crippen MR) is 104 cm³/mol. The molecule has 24 heavy (non-hydrogen) atoms. The van der Waals surface area contributed by atoms with Gasteiger partial charge in [-0.2, -0.15) is 0 Å². The summed E-state index contributed by atoms with van der Waals surface area (Å²) in [7, 11) is 0. The van der Waals surface area contributed by atoms with E-state index in [0.717, 1.165) is 29.1 Å². The molecule has 0 aromatic heterocycles. The normalized spacial score (nSPS) is 15.4. The second-order valence-corrected chi connectivity index (χ2v) is 5.64. The molecule has 0 bridgehead atoms. The van der Waals surface area contributed by atoms with Crippen LogP contribution in [0.4, 0.5) is 0 Å². The highest BCUT2D eigenvalue weighted by molar-refractivity contribution is 5.85. The number of nitrogens with one attached hydrogen (secondary N) is 1. The van der Waals surface area contributed by atoms with Crippen molar-refractivity contribution in [3.63, 3.8) is 0 Å². The number of aryl methyl sites for hydroxylation is 1. The fourth-order valence-electron chi connectivity index (χ4n) is 2.28. The minimum Gasteiger partial charge on any atom is -0.397 e. The smallest absolute Gasteiger partial charge is 0.107 e. The van der Waals surface area contributed by atoms with Gasteiger partial charge >= 0.3 is 0 Å². The average Bonchev–Trinajstić information content (AvgIpc) is 2.73. The molecule has 0 heterocycles. The average molecular weight is 320 g/mol. The van der Waals surface area contributed by atoms with E-state index in [-0.39, 0.29) is 0 Å². The first kappa shape index (κ1) is 17.5. The number of allylic oxidation sites excluding steroid dienone is 5. The summed E-state index contributed by atoms with van der Waals surface area (Å²) in [6.07, 6.45) is 10.6. The third-order valence-corrected chi connectivity index (χ3v) is 3.68. The van der Waals surface area contributed by atoms with E-state index in [1.807, 2.05) is 30.4 Å². The van der Waals surface area contributed by atoms with Crippen molar-refractivity contribution in [2.45, 2.75) is 20.3 Å². The van der Waals surface area contributed by atoms with Crippen molar-refractivity contribution in [2.75, 3.05) is 6.67 Å². The molecule has 1 aliphatic carbocycles. The summed E-state index contributed by atoms with van der Waals surface area (Å²) in [5.41, 5.74) is 11.9. The Kier molecular flexibility index (Phi) is 6.32. The summed E-state index contributed by atoms with van der Waals surface area (Å²) in [6.45, 7) is 8.19. The van der Waals surface area contributed by atoms with Crippen LogP contribution in [0.25, 0.3) is 5.70 Å². The maximum Gasteiger partial charge on any atom is 0.107 e. The maximum absolute atomic E-state index is 6.02. The number of rotatable bonds is 6. The fraction of sp³-hybridized carbons (Fsp3) is 0.200. The van der Waals surface area contributed by atoms with Crippen LogP contribution in [-0.4, -0.2) is 19.6 Å². The number of benzene rings is 1. The minimum absolute atomic E-state index is 0.447. The van der Waals surface area contributed by atoms with E-state index in [4.69, 9.17) is 5.73 Å². The Labute approximate surface area is 143 Å². The topological polar surface area (TPSA) is 62.8 Å². The molecule has 0 unspecified atom stereocenters. The van der Waals surface area contributed by atoms with Crippen molar-refractivity contribution in [3.05, 3.63) is 76.7 Å². The lowest BCUT2D eigenvalue weighted by Gasteiger charge is -2.08. The number of aliphatic imine (C=N–C) groups is 2. The minimum atomic E-state index is 0.447. The SMILES string of the molecule is C=N/C(=C\C=NCNC1=CC(C)=CCC=C1N)c1ccc(C)cc1. The second kappa shape index (κ2) is 8.67. The van der Waals surface area contributed by atoms with Crippen molar-refractivity contribution in [1.82, 2.24) is 5.32 Å². The highest BCUT2D eigenvalue weighted by atomic mass is 15.0. The third-order valence-electron chi connectivity index (χ3n) is 3.68. The van der Waals surface area contributed by atoms with Crippen LogP contribution in [0.5, 0.6) is 0 Å². The zero-order valence-electron chi connectivity index (χ0n) is 14.3. The summed E-state index contributed by atoms with van der Waals surface area (Å²) in [5.74, 6) is 0. The fourth-order valence-corrected chi connectivity index (χ4v) is 2.28. The molecule has 0 aliphatic heterocycles. The van der Waals surface area contributed by atoms with Gasteiger partial charge in [-0.25, -0.2) is 0 Å². The van der Waals surface area contributed by atoms with E-state index >= 15 is 0 Å². The van der Waals surface area contributed by atoms with Crippen LogP contribution in [0.3, 0.4) is 0 Å². The molecule has 3 N–H and O–H groups in total. The van der Waals surface area contributed by atoms with Gasteiger partial charge < -0.3 is 11.1 Å². The van der Waals surface area contributed by atoms with Gasteiger partial charge in [-0.1, -0.05) is 47.6 Å². The number of hydrogen-bond donors (Lipinski definition) is 2. The van der Waals surface area contributed by atoms with Crippen LogP contribution in [0.2, 0.25) is 0 Å². The first-order chi connectivity index (χ1) is 11.6. The molecule has 0 fully saturated rings. The lowest BCUT2D eigenvalue weighted by Crippen LogP contribution is -2.18. The van der Waals surface area contributed by atoms with Gasteiger partial charge in [0.15, 0.2) is 0 Å². The largest absolute Gasteiger partial charge is 0.397 e. The first-order valence-corrected chi connectivity index (χ1v) is 7.92. The van der Waals surface area contributed by atoms with Gasteiger partial charge in [0, 0.05) is 11.8 Å². The Hall–Kier alpha value is -2.88. The quantitative estimate of drug-likeness (QED) is 0.785.